The average Bonchev–Trinajstić information content (AvgIpc) is 3.14. The molecule has 4 rings (SSSR count). The van der Waals surface area contributed by atoms with Gasteiger partial charge in [-0.05, 0) is 23.9 Å². The number of amides is 2. The molecule has 3 heterocycles. The smallest absolute Gasteiger partial charge is 0.343 e. The molecular weight excluding hydrogens is 371 g/mol. The fraction of sp³-hybridized carbons (Fsp3) is 0.368. The van der Waals surface area contributed by atoms with Crippen LogP contribution in [0, 0.1) is 0 Å². The number of alkyl halides is 3. The number of para-hydroxylation sites is 1. The number of aryl methyl sites for hydroxylation is 2. The van der Waals surface area contributed by atoms with Gasteiger partial charge in [-0.3, -0.25) is 4.68 Å². The van der Waals surface area contributed by atoms with Crippen molar-refractivity contribution in [1.29, 1.82) is 0 Å². The summed E-state index contributed by atoms with van der Waals surface area (Å²) < 4.78 is 44.0. The molecule has 0 saturated heterocycles. The standard InChI is InChI=1S/C19H20F3N5O/c1-25-11-14(10-23-25)17(19(20,21)22)24-18(28)26-7-4-8-27-15(12-26)9-13-5-2-3-6-16(13)27/h2-3,5-6,9-11,17H,4,7-8,12H2,1H3,(H,24,28). The van der Waals surface area contributed by atoms with E-state index in [1.165, 1.54) is 22.8 Å². The van der Waals surface area contributed by atoms with Crippen LogP contribution in [0.2, 0.25) is 0 Å². The molecule has 0 aliphatic carbocycles. The number of nitrogens with zero attached hydrogens (tertiary/aromatic N) is 4. The van der Waals surface area contributed by atoms with Gasteiger partial charge in [0.1, 0.15) is 0 Å². The van der Waals surface area contributed by atoms with Crippen LogP contribution in [0.1, 0.15) is 23.7 Å². The number of rotatable bonds is 2. The van der Waals surface area contributed by atoms with Gasteiger partial charge in [0.15, 0.2) is 6.04 Å². The molecule has 0 saturated carbocycles. The van der Waals surface area contributed by atoms with E-state index in [2.05, 4.69) is 15.0 Å². The molecule has 148 valence electrons. The Morgan fingerprint density at radius 2 is 2.04 bits per heavy atom. The summed E-state index contributed by atoms with van der Waals surface area (Å²) in [6.07, 6.45) is -1.56. The number of hydrogen-bond acceptors (Lipinski definition) is 2. The fourth-order valence-corrected chi connectivity index (χ4v) is 3.69. The summed E-state index contributed by atoms with van der Waals surface area (Å²) in [7, 11) is 1.53. The van der Waals surface area contributed by atoms with Gasteiger partial charge in [-0.1, -0.05) is 18.2 Å². The zero-order valence-electron chi connectivity index (χ0n) is 15.3. The first-order chi connectivity index (χ1) is 13.3. The van der Waals surface area contributed by atoms with E-state index in [9.17, 15) is 18.0 Å². The second-order valence-corrected chi connectivity index (χ2v) is 6.99. The summed E-state index contributed by atoms with van der Waals surface area (Å²) in [6.45, 7) is 1.37. The molecule has 1 aliphatic rings. The molecule has 1 N–H and O–H groups in total. The summed E-state index contributed by atoms with van der Waals surface area (Å²) in [4.78, 5) is 14.1. The zero-order chi connectivity index (χ0) is 19.9. The van der Waals surface area contributed by atoms with Crippen LogP contribution in [0.3, 0.4) is 0 Å². The molecule has 1 atom stereocenters. The van der Waals surface area contributed by atoms with Crippen molar-refractivity contribution in [2.45, 2.75) is 31.7 Å². The Bertz CT molecular complexity index is 1010. The van der Waals surface area contributed by atoms with Crippen LogP contribution < -0.4 is 5.32 Å². The van der Waals surface area contributed by atoms with Gasteiger partial charge in [-0.25, -0.2) is 4.79 Å². The predicted octanol–water partition coefficient (Wildman–Crippen LogP) is 3.59. The van der Waals surface area contributed by atoms with Gasteiger partial charge in [-0.15, -0.1) is 0 Å². The molecule has 1 aromatic carbocycles. The minimum atomic E-state index is -4.61. The number of benzene rings is 1. The molecule has 1 unspecified atom stereocenters. The van der Waals surface area contributed by atoms with Crippen LogP contribution in [-0.2, 0) is 20.1 Å². The van der Waals surface area contributed by atoms with Crippen molar-refractivity contribution in [3.8, 4) is 0 Å². The molecular formula is C19H20F3N5O. The molecule has 3 aromatic rings. The highest BCUT2D eigenvalue weighted by Gasteiger charge is 2.43. The summed E-state index contributed by atoms with van der Waals surface area (Å²) in [5.41, 5.74) is 1.90. The number of fused-ring (bicyclic) bond motifs is 3. The van der Waals surface area contributed by atoms with Crippen LogP contribution in [0.15, 0.2) is 42.7 Å². The second-order valence-electron chi connectivity index (χ2n) is 6.99. The Kier molecular flexibility index (Phi) is 4.52. The van der Waals surface area contributed by atoms with Crippen molar-refractivity contribution < 1.29 is 18.0 Å². The Morgan fingerprint density at radius 3 is 2.75 bits per heavy atom. The first-order valence-corrected chi connectivity index (χ1v) is 9.01. The normalized spacial score (nSPS) is 15.9. The molecule has 9 heteroatoms. The highest BCUT2D eigenvalue weighted by Crippen LogP contribution is 2.33. The molecule has 6 nitrogen and oxygen atoms in total. The largest absolute Gasteiger partial charge is 0.413 e. The summed E-state index contributed by atoms with van der Waals surface area (Å²) in [5, 5.41) is 6.99. The number of carbonyl (C=O) groups excluding carboxylic acids is 1. The highest BCUT2D eigenvalue weighted by atomic mass is 19.4. The first-order valence-electron chi connectivity index (χ1n) is 9.01. The Hall–Kier alpha value is -2.97. The highest BCUT2D eigenvalue weighted by molar-refractivity contribution is 5.82. The third-order valence-corrected chi connectivity index (χ3v) is 5.00. The molecule has 1 aliphatic heterocycles. The van der Waals surface area contributed by atoms with Crippen LogP contribution in [0.25, 0.3) is 10.9 Å². The monoisotopic (exact) mass is 391 g/mol. The molecule has 0 fully saturated rings. The van der Waals surface area contributed by atoms with Crippen molar-refractivity contribution in [2.75, 3.05) is 6.54 Å². The van der Waals surface area contributed by atoms with Crippen LogP contribution in [0.4, 0.5) is 18.0 Å². The van der Waals surface area contributed by atoms with E-state index in [0.717, 1.165) is 29.3 Å². The molecule has 0 bridgehead atoms. The van der Waals surface area contributed by atoms with Crippen LogP contribution in [0.5, 0.6) is 0 Å². The predicted molar refractivity (Wildman–Crippen MR) is 97.5 cm³/mol. The summed E-state index contributed by atoms with van der Waals surface area (Å²) in [5.74, 6) is 0. The van der Waals surface area contributed by atoms with E-state index in [1.807, 2.05) is 30.3 Å². The van der Waals surface area contributed by atoms with Gasteiger partial charge in [-0.2, -0.15) is 18.3 Å². The molecule has 2 amide bonds. The summed E-state index contributed by atoms with van der Waals surface area (Å²) >= 11 is 0. The lowest BCUT2D eigenvalue weighted by molar-refractivity contribution is -0.155. The van der Waals surface area contributed by atoms with E-state index < -0.39 is 18.2 Å². The number of hydrogen-bond donors (Lipinski definition) is 1. The lowest BCUT2D eigenvalue weighted by Gasteiger charge is -2.26. The maximum absolute atomic E-state index is 13.5. The van der Waals surface area contributed by atoms with Gasteiger partial charge in [0.2, 0.25) is 0 Å². The van der Waals surface area contributed by atoms with Crippen molar-refractivity contribution >= 4 is 16.9 Å². The number of carbonyl (C=O) groups is 1. The SMILES string of the molecule is Cn1cc(C(NC(=O)N2CCCn3c(cc4ccccc43)C2)C(F)(F)F)cn1. The molecule has 0 spiro atoms. The van der Waals surface area contributed by atoms with E-state index in [4.69, 9.17) is 0 Å². The number of urea groups is 1. The van der Waals surface area contributed by atoms with E-state index >= 15 is 0 Å². The van der Waals surface area contributed by atoms with E-state index in [1.54, 1.807) is 0 Å². The van der Waals surface area contributed by atoms with Crippen molar-refractivity contribution in [2.24, 2.45) is 7.05 Å². The Labute approximate surface area is 159 Å². The third-order valence-electron chi connectivity index (χ3n) is 5.00. The van der Waals surface area contributed by atoms with Gasteiger partial charge in [0.05, 0.1) is 12.7 Å². The van der Waals surface area contributed by atoms with Gasteiger partial charge in [0.25, 0.3) is 0 Å². The van der Waals surface area contributed by atoms with Crippen LogP contribution >= 0.6 is 0 Å². The number of halogens is 3. The quantitative estimate of drug-likeness (QED) is 0.726. The van der Waals surface area contributed by atoms with Crippen molar-refractivity contribution in [3.63, 3.8) is 0 Å². The van der Waals surface area contributed by atoms with Crippen molar-refractivity contribution in [1.82, 2.24) is 24.6 Å². The van der Waals surface area contributed by atoms with Gasteiger partial charge in [0, 0.05) is 43.1 Å². The van der Waals surface area contributed by atoms with Crippen LogP contribution in [-0.4, -0.2) is 38.0 Å². The Balaban J connectivity index is 1.57. The average molecular weight is 391 g/mol. The zero-order valence-corrected chi connectivity index (χ0v) is 15.3. The minimum Gasteiger partial charge on any atom is -0.343 e. The van der Waals surface area contributed by atoms with E-state index in [-0.39, 0.29) is 12.1 Å². The maximum Gasteiger partial charge on any atom is 0.413 e. The third kappa shape index (κ3) is 3.44. The lowest BCUT2D eigenvalue weighted by Crippen LogP contribution is -2.45. The van der Waals surface area contributed by atoms with Crippen molar-refractivity contribution in [3.05, 3.63) is 54.0 Å². The van der Waals surface area contributed by atoms with Gasteiger partial charge < -0.3 is 14.8 Å². The first kappa shape index (κ1) is 18.4. The molecule has 0 radical (unpaired) electrons. The number of nitrogens with one attached hydrogen (secondary N) is 1. The minimum absolute atomic E-state index is 0.0905. The van der Waals surface area contributed by atoms with Gasteiger partial charge >= 0.3 is 12.2 Å². The summed E-state index contributed by atoms with van der Waals surface area (Å²) in [6, 6.07) is 7.05. The number of aromatic nitrogens is 3. The lowest BCUT2D eigenvalue weighted by atomic mass is 10.1. The topological polar surface area (TPSA) is 55.1 Å². The molecule has 28 heavy (non-hydrogen) atoms. The van der Waals surface area contributed by atoms with E-state index in [0.29, 0.717) is 13.0 Å². The Morgan fingerprint density at radius 1 is 1.25 bits per heavy atom. The fourth-order valence-electron chi connectivity index (χ4n) is 3.69. The second kappa shape index (κ2) is 6.88. The molecule has 2 aromatic heterocycles. The maximum atomic E-state index is 13.5.